The SMILES string of the molecule is CCSc1nnc2c(n1)OC(C=Cc1ccc(OC)cc1)Nc1ccc(Br)cc1-2. The van der Waals surface area contributed by atoms with Gasteiger partial charge in [0.2, 0.25) is 11.0 Å². The number of thioether (sulfide) groups is 1. The Balaban J connectivity index is 1.69. The summed E-state index contributed by atoms with van der Waals surface area (Å²) in [4.78, 5) is 4.58. The maximum absolute atomic E-state index is 6.17. The molecule has 1 N–H and O–H groups in total. The van der Waals surface area contributed by atoms with Crippen LogP contribution in [0.2, 0.25) is 0 Å². The van der Waals surface area contributed by atoms with Gasteiger partial charge in [0.15, 0.2) is 11.9 Å². The number of hydrogen-bond acceptors (Lipinski definition) is 7. The zero-order valence-electron chi connectivity index (χ0n) is 15.9. The average molecular weight is 471 g/mol. The van der Waals surface area contributed by atoms with E-state index in [0.29, 0.717) is 16.7 Å². The van der Waals surface area contributed by atoms with E-state index in [1.54, 1.807) is 7.11 Å². The summed E-state index contributed by atoms with van der Waals surface area (Å²) in [7, 11) is 1.66. The highest BCUT2D eigenvalue weighted by molar-refractivity contribution is 9.10. The Morgan fingerprint density at radius 3 is 2.79 bits per heavy atom. The van der Waals surface area contributed by atoms with E-state index in [1.165, 1.54) is 11.8 Å². The van der Waals surface area contributed by atoms with Crippen molar-refractivity contribution in [1.29, 1.82) is 0 Å². The van der Waals surface area contributed by atoms with Crippen molar-refractivity contribution in [3.05, 3.63) is 58.6 Å². The lowest BCUT2D eigenvalue weighted by atomic mass is 10.1. The van der Waals surface area contributed by atoms with E-state index in [2.05, 4.69) is 43.4 Å². The van der Waals surface area contributed by atoms with Gasteiger partial charge in [-0.2, -0.15) is 4.98 Å². The van der Waals surface area contributed by atoms with Gasteiger partial charge in [-0.05, 0) is 47.7 Å². The van der Waals surface area contributed by atoms with Gasteiger partial charge < -0.3 is 14.8 Å². The fourth-order valence-electron chi connectivity index (χ4n) is 2.88. The number of hydrogen-bond donors (Lipinski definition) is 1. The van der Waals surface area contributed by atoms with E-state index in [-0.39, 0.29) is 0 Å². The highest BCUT2D eigenvalue weighted by atomic mass is 79.9. The lowest BCUT2D eigenvalue weighted by molar-refractivity contribution is 0.266. The first kappa shape index (κ1) is 19.7. The van der Waals surface area contributed by atoms with Crippen LogP contribution in [0.25, 0.3) is 17.3 Å². The number of nitrogens with zero attached hydrogens (tertiary/aromatic N) is 3. The van der Waals surface area contributed by atoms with Crippen LogP contribution in [0.4, 0.5) is 5.69 Å². The highest BCUT2D eigenvalue weighted by Gasteiger charge is 2.24. The number of nitrogens with one attached hydrogen (secondary N) is 1. The first-order valence-corrected chi connectivity index (χ1v) is 10.9. The molecule has 1 aromatic heterocycles. The lowest BCUT2D eigenvalue weighted by Crippen LogP contribution is -2.23. The van der Waals surface area contributed by atoms with Gasteiger partial charge in [-0.25, -0.2) is 0 Å². The Morgan fingerprint density at radius 2 is 2.03 bits per heavy atom. The molecular weight excluding hydrogens is 452 g/mol. The third-order valence-corrected chi connectivity index (χ3v) is 5.47. The summed E-state index contributed by atoms with van der Waals surface area (Å²) < 4.78 is 12.3. The summed E-state index contributed by atoms with van der Waals surface area (Å²) in [6, 6.07) is 13.8. The monoisotopic (exact) mass is 470 g/mol. The zero-order chi connectivity index (χ0) is 20.2. The molecule has 0 bridgehead atoms. The minimum atomic E-state index is -0.408. The van der Waals surface area contributed by atoms with Crippen molar-refractivity contribution >= 4 is 39.5 Å². The smallest absolute Gasteiger partial charge is 0.247 e. The van der Waals surface area contributed by atoms with Crippen LogP contribution in [0.3, 0.4) is 0 Å². The Hall–Kier alpha value is -2.58. The summed E-state index contributed by atoms with van der Waals surface area (Å²) in [5.74, 6) is 2.15. The summed E-state index contributed by atoms with van der Waals surface area (Å²) in [6.07, 6.45) is 3.54. The molecule has 0 radical (unpaired) electrons. The number of anilines is 1. The lowest BCUT2D eigenvalue weighted by Gasteiger charge is -2.15. The molecule has 0 spiro atoms. The van der Waals surface area contributed by atoms with Crippen molar-refractivity contribution < 1.29 is 9.47 Å². The predicted molar refractivity (Wildman–Crippen MR) is 119 cm³/mol. The van der Waals surface area contributed by atoms with Crippen LogP contribution in [0.15, 0.2) is 58.2 Å². The Morgan fingerprint density at radius 1 is 1.21 bits per heavy atom. The second kappa shape index (κ2) is 8.84. The van der Waals surface area contributed by atoms with Gasteiger partial charge in [-0.15, -0.1) is 10.2 Å². The number of halogens is 1. The molecule has 0 saturated heterocycles. The van der Waals surface area contributed by atoms with E-state index in [9.17, 15) is 0 Å². The Labute approximate surface area is 181 Å². The van der Waals surface area contributed by atoms with Crippen molar-refractivity contribution in [2.45, 2.75) is 18.3 Å². The Bertz CT molecular complexity index is 1040. The molecule has 1 unspecified atom stereocenters. The zero-order valence-corrected chi connectivity index (χ0v) is 18.3. The predicted octanol–water partition coefficient (Wildman–Crippen LogP) is 5.27. The maximum Gasteiger partial charge on any atom is 0.247 e. The number of benzene rings is 2. The van der Waals surface area contributed by atoms with Gasteiger partial charge >= 0.3 is 0 Å². The van der Waals surface area contributed by atoms with Crippen LogP contribution in [0.1, 0.15) is 12.5 Å². The van der Waals surface area contributed by atoms with Crippen LogP contribution >= 0.6 is 27.7 Å². The van der Waals surface area contributed by atoms with Crippen LogP contribution in [0.5, 0.6) is 11.6 Å². The van der Waals surface area contributed by atoms with Gasteiger partial charge in [-0.1, -0.05) is 52.8 Å². The topological polar surface area (TPSA) is 69.2 Å². The fourth-order valence-corrected chi connectivity index (χ4v) is 3.75. The molecule has 2 heterocycles. The van der Waals surface area contributed by atoms with E-state index >= 15 is 0 Å². The van der Waals surface area contributed by atoms with Crippen molar-refractivity contribution in [3.63, 3.8) is 0 Å². The first-order chi connectivity index (χ1) is 14.2. The van der Waals surface area contributed by atoms with Crippen molar-refractivity contribution in [3.8, 4) is 22.9 Å². The minimum absolute atomic E-state index is 0.408. The molecule has 1 aliphatic rings. The quantitative estimate of drug-likeness (QED) is 0.509. The van der Waals surface area contributed by atoms with Gasteiger partial charge in [0.25, 0.3) is 0 Å². The van der Waals surface area contributed by atoms with Crippen molar-refractivity contribution in [2.75, 3.05) is 18.2 Å². The van der Waals surface area contributed by atoms with E-state index in [4.69, 9.17) is 9.47 Å². The van der Waals surface area contributed by atoms with E-state index in [0.717, 1.165) is 32.8 Å². The fraction of sp³-hybridized carbons (Fsp3) is 0.190. The molecule has 2 aromatic carbocycles. The maximum atomic E-state index is 6.17. The number of methoxy groups -OCH3 is 1. The average Bonchev–Trinajstić information content (AvgIpc) is 2.89. The van der Waals surface area contributed by atoms with Gasteiger partial charge in [-0.3, -0.25) is 0 Å². The third kappa shape index (κ3) is 4.54. The van der Waals surface area contributed by atoms with Gasteiger partial charge in [0.05, 0.1) is 7.11 Å². The Kier molecular flexibility index (Phi) is 6.01. The molecular formula is C21H19BrN4O2S. The molecule has 6 nitrogen and oxygen atoms in total. The second-order valence-electron chi connectivity index (χ2n) is 6.19. The van der Waals surface area contributed by atoms with Gasteiger partial charge in [0, 0.05) is 15.7 Å². The van der Waals surface area contributed by atoms with Crippen LogP contribution in [-0.4, -0.2) is 34.3 Å². The molecule has 1 aliphatic heterocycles. The highest BCUT2D eigenvalue weighted by Crippen LogP contribution is 2.38. The van der Waals surface area contributed by atoms with E-state index in [1.807, 2.05) is 54.6 Å². The molecule has 0 saturated carbocycles. The summed E-state index contributed by atoms with van der Waals surface area (Å²) in [5.41, 5.74) is 3.46. The molecule has 4 rings (SSSR count). The van der Waals surface area contributed by atoms with Crippen LogP contribution in [0, 0.1) is 0 Å². The standard InChI is InChI=1S/C21H19BrN4O2S/c1-3-29-21-24-20-19(25-26-21)16-12-14(22)7-10-17(16)23-18(28-20)11-6-13-4-8-15(27-2)9-5-13/h4-12,18,23H,3H2,1-2H3. The van der Waals surface area contributed by atoms with Gasteiger partial charge in [0.1, 0.15) is 5.75 Å². The molecule has 29 heavy (non-hydrogen) atoms. The second-order valence-corrected chi connectivity index (χ2v) is 8.33. The van der Waals surface area contributed by atoms with Crippen LogP contribution in [-0.2, 0) is 0 Å². The summed E-state index contributed by atoms with van der Waals surface area (Å²) >= 11 is 5.06. The van der Waals surface area contributed by atoms with Crippen LogP contribution < -0.4 is 14.8 Å². The largest absolute Gasteiger partial charge is 0.497 e. The molecule has 1 atom stereocenters. The molecule has 0 aliphatic carbocycles. The molecule has 8 heteroatoms. The first-order valence-electron chi connectivity index (χ1n) is 9.09. The molecule has 0 amide bonds. The number of aromatic nitrogens is 3. The number of ether oxygens (including phenoxy) is 2. The third-order valence-electron chi connectivity index (χ3n) is 4.26. The van der Waals surface area contributed by atoms with Crippen molar-refractivity contribution in [2.24, 2.45) is 0 Å². The number of rotatable bonds is 5. The van der Waals surface area contributed by atoms with Crippen molar-refractivity contribution in [1.82, 2.24) is 15.2 Å². The molecule has 3 aromatic rings. The molecule has 148 valence electrons. The van der Waals surface area contributed by atoms with E-state index < -0.39 is 6.23 Å². The number of fused-ring (bicyclic) bond motifs is 3. The summed E-state index contributed by atoms with van der Waals surface area (Å²) in [5, 5.41) is 12.6. The summed E-state index contributed by atoms with van der Waals surface area (Å²) in [6.45, 7) is 2.05. The molecule has 0 fully saturated rings. The minimum Gasteiger partial charge on any atom is -0.497 e. The normalized spacial score (nSPS) is 15.1.